The number of pyridine rings is 1. The Morgan fingerprint density at radius 3 is 2.69 bits per heavy atom. The summed E-state index contributed by atoms with van der Waals surface area (Å²) >= 11 is 0. The van der Waals surface area contributed by atoms with Crippen molar-refractivity contribution in [2.24, 2.45) is 7.05 Å². The summed E-state index contributed by atoms with van der Waals surface area (Å²) in [6.07, 6.45) is 5.07. The molecular weight excluding hydrogens is 352 g/mol. The molecule has 0 radical (unpaired) electrons. The van der Waals surface area contributed by atoms with Crippen molar-refractivity contribution in [1.82, 2.24) is 19.5 Å². The Hall–Kier alpha value is -2.71. The highest BCUT2D eigenvalue weighted by Gasteiger charge is 2.18. The molecule has 2 heterocycles. The quantitative estimate of drug-likeness (QED) is 0.717. The molecular formula is C18H20N4O3S. The third-order valence-electron chi connectivity index (χ3n) is 4.06. The third-order valence-corrected chi connectivity index (χ3v) is 5.61. The van der Waals surface area contributed by atoms with E-state index in [4.69, 9.17) is 4.74 Å². The summed E-state index contributed by atoms with van der Waals surface area (Å²) in [6, 6.07) is 8.74. The van der Waals surface area contributed by atoms with E-state index in [1.54, 1.807) is 42.3 Å². The van der Waals surface area contributed by atoms with E-state index in [9.17, 15) is 8.42 Å². The molecule has 0 atom stereocenters. The zero-order chi connectivity index (χ0) is 18.7. The van der Waals surface area contributed by atoms with Crippen LogP contribution in [-0.2, 0) is 23.6 Å². The van der Waals surface area contributed by atoms with Crippen LogP contribution in [0.3, 0.4) is 0 Å². The van der Waals surface area contributed by atoms with Gasteiger partial charge in [0.15, 0.2) is 0 Å². The van der Waals surface area contributed by atoms with Crippen molar-refractivity contribution in [2.45, 2.75) is 18.4 Å². The Balaban J connectivity index is 1.82. The SMILES string of the molecule is COc1ccc(C)c(S(=O)(=O)NCc2cncc(-c3ccnn3C)c2)c1. The lowest BCUT2D eigenvalue weighted by Gasteiger charge is -2.11. The maximum Gasteiger partial charge on any atom is 0.241 e. The monoisotopic (exact) mass is 372 g/mol. The van der Waals surface area contributed by atoms with E-state index in [0.29, 0.717) is 11.3 Å². The van der Waals surface area contributed by atoms with E-state index in [1.165, 1.54) is 13.2 Å². The lowest BCUT2D eigenvalue weighted by molar-refractivity contribution is 0.413. The molecule has 1 aromatic carbocycles. The van der Waals surface area contributed by atoms with Gasteiger partial charge in [0.1, 0.15) is 5.75 Å². The molecule has 8 heteroatoms. The average molecular weight is 372 g/mol. The molecule has 136 valence electrons. The minimum atomic E-state index is -3.67. The molecule has 0 bridgehead atoms. The maximum atomic E-state index is 12.7. The number of nitrogens with zero attached hydrogens (tertiary/aromatic N) is 3. The summed E-state index contributed by atoms with van der Waals surface area (Å²) in [7, 11) is -0.324. The predicted molar refractivity (Wildman–Crippen MR) is 98.2 cm³/mol. The van der Waals surface area contributed by atoms with Crippen molar-refractivity contribution in [2.75, 3.05) is 7.11 Å². The Labute approximate surface area is 152 Å². The van der Waals surface area contributed by atoms with Gasteiger partial charge < -0.3 is 4.74 Å². The molecule has 0 saturated heterocycles. The van der Waals surface area contributed by atoms with Gasteiger partial charge in [0.05, 0.1) is 17.7 Å². The highest BCUT2D eigenvalue weighted by Crippen LogP contribution is 2.22. The van der Waals surface area contributed by atoms with Crippen LogP contribution in [0.2, 0.25) is 0 Å². The van der Waals surface area contributed by atoms with Gasteiger partial charge in [0, 0.05) is 43.8 Å². The summed E-state index contributed by atoms with van der Waals surface area (Å²) in [6.45, 7) is 1.89. The molecule has 26 heavy (non-hydrogen) atoms. The number of hydrogen-bond donors (Lipinski definition) is 1. The standard InChI is InChI=1S/C18H20N4O3S/c1-13-4-5-16(25-3)9-18(13)26(23,24)21-11-14-8-15(12-19-10-14)17-6-7-20-22(17)2/h4-10,12,21H,11H2,1-3H3. The Kier molecular flexibility index (Phi) is 5.06. The second kappa shape index (κ2) is 7.27. The average Bonchev–Trinajstić information content (AvgIpc) is 3.06. The van der Waals surface area contributed by atoms with Crippen molar-refractivity contribution >= 4 is 10.0 Å². The van der Waals surface area contributed by atoms with Crippen LogP contribution in [0, 0.1) is 6.92 Å². The van der Waals surface area contributed by atoms with Crippen LogP contribution in [0.1, 0.15) is 11.1 Å². The van der Waals surface area contributed by atoms with Gasteiger partial charge >= 0.3 is 0 Å². The zero-order valence-corrected chi connectivity index (χ0v) is 15.6. The van der Waals surface area contributed by atoms with Crippen molar-refractivity contribution in [3.05, 3.63) is 60.0 Å². The summed E-state index contributed by atoms with van der Waals surface area (Å²) in [5.74, 6) is 0.496. The molecule has 0 unspecified atom stereocenters. The van der Waals surface area contributed by atoms with Crippen LogP contribution >= 0.6 is 0 Å². The summed E-state index contributed by atoms with van der Waals surface area (Å²) in [4.78, 5) is 4.41. The molecule has 3 rings (SSSR count). The smallest absolute Gasteiger partial charge is 0.241 e. The molecule has 7 nitrogen and oxygen atoms in total. The van der Waals surface area contributed by atoms with Gasteiger partial charge in [0.25, 0.3) is 0 Å². The van der Waals surface area contributed by atoms with Gasteiger partial charge in [-0.05, 0) is 36.2 Å². The number of nitrogens with one attached hydrogen (secondary N) is 1. The number of aromatic nitrogens is 3. The van der Waals surface area contributed by atoms with E-state index in [1.807, 2.05) is 19.2 Å². The molecule has 1 N–H and O–H groups in total. The Bertz CT molecular complexity index is 1030. The highest BCUT2D eigenvalue weighted by atomic mass is 32.2. The van der Waals surface area contributed by atoms with Crippen molar-refractivity contribution in [1.29, 1.82) is 0 Å². The number of ether oxygens (including phenoxy) is 1. The highest BCUT2D eigenvalue weighted by molar-refractivity contribution is 7.89. The first-order valence-electron chi connectivity index (χ1n) is 7.97. The van der Waals surface area contributed by atoms with E-state index >= 15 is 0 Å². The fourth-order valence-corrected chi connectivity index (χ4v) is 3.91. The van der Waals surface area contributed by atoms with Gasteiger partial charge in [0.2, 0.25) is 10.0 Å². The van der Waals surface area contributed by atoms with Gasteiger partial charge in [-0.1, -0.05) is 6.07 Å². The first kappa shape index (κ1) is 18.1. The minimum absolute atomic E-state index is 0.137. The number of rotatable bonds is 6. The van der Waals surface area contributed by atoms with Crippen molar-refractivity contribution in [3.8, 4) is 17.0 Å². The fourth-order valence-electron chi connectivity index (χ4n) is 2.63. The van der Waals surface area contributed by atoms with Crippen LogP contribution in [0.25, 0.3) is 11.3 Å². The summed E-state index contributed by atoms with van der Waals surface area (Å²) < 4.78 is 34.8. The lowest BCUT2D eigenvalue weighted by Crippen LogP contribution is -2.24. The first-order chi connectivity index (χ1) is 12.4. The number of hydrogen-bond acceptors (Lipinski definition) is 5. The van der Waals surface area contributed by atoms with E-state index in [0.717, 1.165) is 16.8 Å². The van der Waals surface area contributed by atoms with Gasteiger partial charge in [-0.25, -0.2) is 13.1 Å². The molecule has 0 aliphatic heterocycles. The lowest BCUT2D eigenvalue weighted by atomic mass is 10.1. The zero-order valence-electron chi connectivity index (χ0n) is 14.8. The van der Waals surface area contributed by atoms with Gasteiger partial charge in [-0.3, -0.25) is 9.67 Å². The summed E-state index contributed by atoms with van der Waals surface area (Å²) in [5, 5.41) is 4.14. The molecule has 0 aliphatic carbocycles. The normalized spacial score (nSPS) is 11.5. The van der Waals surface area contributed by atoms with Gasteiger partial charge in [-0.15, -0.1) is 0 Å². The number of benzene rings is 1. The van der Waals surface area contributed by atoms with Crippen LogP contribution in [0.5, 0.6) is 5.75 Å². The fraction of sp³-hybridized carbons (Fsp3) is 0.222. The van der Waals surface area contributed by atoms with E-state index < -0.39 is 10.0 Å². The Morgan fingerprint density at radius 1 is 1.19 bits per heavy atom. The molecule has 0 spiro atoms. The summed E-state index contributed by atoms with van der Waals surface area (Å²) in [5.41, 5.74) is 3.19. The maximum absolute atomic E-state index is 12.7. The van der Waals surface area contributed by atoms with Crippen LogP contribution in [0.15, 0.2) is 53.8 Å². The molecule has 0 aliphatic rings. The minimum Gasteiger partial charge on any atom is -0.497 e. The van der Waals surface area contributed by atoms with E-state index in [-0.39, 0.29) is 11.4 Å². The van der Waals surface area contributed by atoms with Crippen molar-refractivity contribution < 1.29 is 13.2 Å². The second-order valence-electron chi connectivity index (χ2n) is 5.88. The van der Waals surface area contributed by atoms with E-state index in [2.05, 4.69) is 14.8 Å². The number of methoxy groups -OCH3 is 1. The topological polar surface area (TPSA) is 86.1 Å². The molecule has 2 aromatic heterocycles. The van der Waals surface area contributed by atoms with Crippen LogP contribution in [-0.4, -0.2) is 30.3 Å². The molecule has 3 aromatic rings. The first-order valence-corrected chi connectivity index (χ1v) is 9.45. The third kappa shape index (κ3) is 3.76. The van der Waals surface area contributed by atoms with Crippen molar-refractivity contribution in [3.63, 3.8) is 0 Å². The molecule has 0 amide bonds. The predicted octanol–water partition coefficient (Wildman–Crippen LogP) is 2.28. The van der Waals surface area contributed by atoms with Gasteiger partial charge in [-0.2, -0.15) is 5.10 Å². The Morgan fingerprint density at radius 2 is 2.00 bits per heavy atom. The molecule has 0 saturated carbocycles. The van der Waals surface area contributed by atoms with Crippen LogP contribution < -0.4 is 9.46 Å². The molecule has 0 fully saturated rings. The van der Waals surface area contributed by atoms with Crippen LogP contribution in [0.4, 0.5) is 0 Å². The second-order valence-corrected chi connectivity index (χ2v) is 7.61. The largest absolute Gasteiger partial charge is 0.497 e. The number of sulfonamides is 1. The number of aryl methyl sites for hydroxylation is 2.